The van der Waals surface area contributed by atoms with E-state index in [1.165, 1.54) is 5.75 Å². The molecule has 2 fully saturated rings. The van der Waals surface area contributed by atoms with Crippen LogP contribution in [0.1, 0.15) is 38.2 Å². The van der Waals surface area contributed by atoms with Gasteiger partial charge in [0.2, 0.25) is 0 Å². The summed E-state index contributed by atoms with van der Waals surface area (Å²) in [5.41, 5.74) is 0.309. The van der Waals surface area contributed by atoms with Crippen LogP contribution in [0.4, 0.5) is 0 Å². The summed E-state index contributed by atoms with van der Waals surface area (Å²) < 4.78 is 7.15. The highest BCUT2D eigenvalue weighted by Gasteiger charge is 2.47. The SMILES string of the molecule is CCC(O)(c1cccc(Br)c1)C1CCOC2(CCSC2)C1. The summed E-state index contributed by atoms with van der Waals surface area (Å²) >= 11 is 5.51. The molecule has 3 rings (SSSR count). The molecule has 0 amide bonds. The Labute approximate surface area is 139 Å². The van der Waals surface area contributed by atoms with Gasteiger partial charge in [0.15, 0.2) is 0 Å². The minimum atomic E-state index is -0.742. The van der Waals surface area contributed by atoms with Crippen molar-refractivity contribution in [1.29, 1.82) is 0 Å². The fraction of sp³-hybridized carbons (Fsp3) is 0.647. The standard InChI is InChI=1S/C17H23BrO2S/c1-2-17(19,13-4-3-5-15(18)10-13)14-6-8-20-16(11-14)7-9-21-12-16/h3-5,10,14,19H,2,6-9,11-12H2,1H3. The van der Waals surface area contributed by atoms with Crippen molar-refractivity contribution in [3.63, 3.8) is 0 Å². The predicted octanol–water partition coefficient (Wildman–Crippen LogP) is 4.35. The molecule has 0 saturated carbocycles. The Balaban J connectivity index is 1.88. The highest BCUT2D eigenvalue weighted by Crippen LogP contribution is 2.47. The molecule has 0 aliphatic carbocycles. The predicted molar refractivity (Wildman–Crippen MR) is 91.7 cm³/mol. The highest BCUT2D eigenvalue weighted by atomic mass is 79.9. The van der Waals surface area contributed by atoms with Crippen molar-refractivity contribution < 1.29 is 9.84 Å². The van der Waals surface area contributed by atoms with Gasteiger partial charge in [-0.3, -0.25) is 0 Å². The molecule has 1 N–H and O–H groups in total. The smallest absolute Gasteiger partial charge is 0.0924 e. The van der Waals surface area contributed by atoms with E-state index in [-0.39, 0.29) is 11.5 Å². The first kappa shape index (κ1) is 15.9. The Morgan fingerprint density at radius 2 is 2.38 bits per heavy atom. The Hall–Kier alpha value is -0.0300. The van der Waals surface area contributed by atoms with E-state index >= 15 is 0 Å². The summed E-state index contributed by atoms with van der Waals surface area (Å²) in [6.07, 6.45) is 3.81. The molecule has 1 spiro atoms. The molecule has 21 heavy (non-hydrogen) atoms. The molecule has 0 aromatic heterocycles. The van der Waals surface area contributed by atoms with Gasteiger partial charge in [-0.1, -0.05) is 35.0 Å². The van der Waals surface area contributed by atoms with Crippen molar-refractivity contribution >= 4 is 27.7 Å². The lowest BCUT2D eigenvalue weighted by molar-refractivity contribution is -0.136. The van der Waals surface area contributed by atoms with Gasteiger partial charge in [0, 0.05) is 16.8 Å². The number of benzene rings is 1. The maximum atomic E-state index is 11.4. The van der Waals surface area contributed by atoms with Crippen molar-refractivity contribution in [3.8, 4) is 0 Å². The summed E-state index contributed by atoms with van der Waals surface area (Å²) in [7, 11) is 0. The molecular weight excluding hydrogens is 348 g/mol. The van der Waals surface area contributed by atoms with Crippen LogP contribution in [-0.2, 0) is 10.3 Å². The zero-order valence-electron chi connectivity index (χ0n) is 12.5. The van der Waals surface area contributed by atoms with Crippen LogP contribution in [0.2, 0.25) is 0 Å². The zero-order valence-corrected chi connectivity index (χ0v) is 14.9. The fourth-order valence-electron chi connectivity index (χ4n) is 3.78. The van der Waals surface area contributed by atoms with E-state index in [2.05, 4.69) is 35.0 Å². The summed E-state index contributed by atoms with van der Waals surface area (Å²) in [6.45, 7) is 2.87. The topological polar surface area (TPSA) is 29.5 Å². The fourth-order valence-corrected chi connectivity index (χ4v) is 5.56. The number of ether oxygens (including phenoxy) is 1. The molecule has 2 heterocycles. The Kier molecular flexibility index (Phi) is 4.70. The van der Waals surface area contributed by atoms with Gasteiger partial charge in [-0.15, -0.1) is 0 Å². The van der Waals surface area contributed by atoms with E-state index in [0.717, 1.165) is 48.1 Å². The van der Waals surface area contributed by atoms with Crippen LogP contribution in [0.3, 0.4) is 0 Å². The number of hydrogen-bond donors (Lipinski definition) is 1. The molecule has 1 aromatic rings. The van der Waals surface area contributed by atoms with E-state index in [1.54, 1.807) is 0 Å². The Bertz CT molecular complexity index is 501. The lowest BCUT2D eigenvalue weighted by Gasteiger charge is -2.45. The first-order valence-electron chi connectivity index (χ1n) is 7.78. The first-order valence-corrected chi connectivity index (χ1v) is 9.73. The summed E-state index contributed by atoms with van der Waals surface area (Å²) in [6, 6.07) is 8.15. The van der Waals surface area contributed by atoms with Crippen LogP contribution in [0.5, 0.6) is 0 Å². The molecule has 2 aliphatic heterocycles. The quantitative estimate of drug-likeness (QED) is 0.857. The van der Waals surface area contributed by atoms with Gasteiger partial charge < -0.3 is 9.84 Å². The van der Waals surface area contributed by atoms with Crippen LogP contribution in [0.15, 0.2) is 28.7 Å². The molecule has 3 atom stereocenters. The molecule has 2 saturated heterocycles. The van der Waals surface area contributed by atoms with Gasteiger partial charge >= 0.3 is 0 Å². The number of thioether (sulfide) groups is 1. The number of halogens is 1. The average Bonchev–Trinajstić information content (AvgIpc) is 2.94. The lowest BCUT2D eigenvalue weighted by atomic mass is 9.71. The summed E-state index contributed by atoms with van der Waals surface area (Å²) in [4.78, 5) is 0. The second kappa shape index (κ2) is 6.23. The van der Waals surface area contributed by atoms with Crippen molar-refractivity contribution in [2.45, 2.75) is 43.8 Å². The zero-order chi connectivity index (χ0) is 14.9. The summed E-state index contributed by atoms with van der Waals surface area (Å²) in [5, 5.41) is 11.4. The molecular formula is C17H23BrO2S. The van der Waals surface area contributed by atoms with Gasteiger partial charge in [-0.25, -0.2) is 0 Å². The van der Waals surface area contributed by atoms with Gasteiger partial charge in [0.05, 0.1) is 11.2 Å². The van der Waals surface area contributed by atoms with E-state index in [0.29, 0.717) is 0 Å². The van der Waals surface area contributed by atoms with Gasteiger partial charge in [0.25, 0.3) is 0 Å². The van der Waals surface area contributed by atoms with Crippen molar-refractivity contribution in [1.82, 2.24) is 0 Å². The maximum absolute atomic E-state index is 11.4. The van der Waals surface area contributed by atoms with E-state index < -0.39 is 5.60 Å². The number of hydrogen-bond acceptors (Lipinski definition) is 3. The van der Waals surface area contributed by atoms with Crippen molar-refractivity contribution in [2.24, 2.45) is 5.92 Å². The molecule has 116 valence electrons. The Morgan fingerprint density at radius 3 is 3.05 bits per heavy atom. The molecule has 3 unspecified atom stereocenters. The number of aliphatic hydroxyl groups is 1. The van der Waals surface area contributed by atoms with Crippen LogP contribution < -0.4 is 0 Å². The van der Waals surface area contributed by atoms with Gasteiger partial charge in [0.1, 0.15) is 0 Å². The second-order valence-corrected chi connectivity index (χ2v) is 8.33. The van der Waals surface area contributed by atoms with Crippen molar-refractivity contribution in [3.05, 3.63) is 34.3 Å². The third-order valence-corrected chi connectivity index (χ3v) is 6.82. The molecule has 0 radical (unpaired) electrons. The third kappa shape index (κ3) is 3.05. The normalized spacial score (nSPS) is 32.2. The molecule has 1 aromatic carbocycles. The molecule has 4 heteroatoms. The van der Waals surface area contributed by atoms with E-state index in [1.807, 2.05) is 23.9 Å². The van der Waals surface area contributed by atoms with Crippen LogP contribution in [-0.4, -0.2) is 28.8 Å². The van der Waals surface area contributed by atoms with E-state index in [4.69, 9.17) is 4.74 Å². The largest absolute Gasteiger partial charge is 0.385 e. The first-order chi connectivity index (χ1) is 10.1. The second-order valence-electron chi connectivity index (χ2n) is 6.31. The monoisotopic (exact) mass is 370 g/mol. The minimum absolute atomic E-state index is 0.0166. The minimum Gasteiger partial charge on any atom is -0.385 e. The highest BCUT2D eigenvalue weighted by molar-refractivity contribution is 9.10. The Morgan fingerprint density at radius 1 is 1.52 bits per heavy atom. The maximum Gasteiger partial charge on any atom is 0.0924 e. The third-order valence-electron chi connectivity index (χ3n) is 5.10. The molecule has 2 nitrogen and oxygen atoms in total. The average molecular weight is 371 g/mol. The summed E-state index contributed by atoms with van der Waals surface area (Å²) in [5.74, 6) is 2.56. The number of rotatable bonds is 3. The molecule has 2 aliphatic rings. The van der Waals surface area contributed by atoms with E-state index in [9.17, 15) is 5.11 Å². The molecule has 0 bridgehead atoms. The van der Waals surface area contributed by atoms with Crippen LogP contribution in [0, 0.1) is 5.92 Å². The lowest BCUT2D eigenvalue weighted by Crippen LogP contribution is -2.47. The van der Waals surface area contributed by atoms with Crippen LogP contribution >= 0.6 is 27.7 Å². The van der Waals surface area contributed by atoms with Crippen molar-refractivity contribution in [2.75, 3.05) is 18.1 Å². The van der Waals surface area contributed by atoms with Gasteiger partial charge in [-0.2, -0.15) is 11.8 Å². The van der Waals surface area contributed by atoms with Crippen LogP contribution in [0.25, 0.3) is 0 Å². The van der Waals surface area contributed by atoms with Gasteiger partial charge in [-0.05, 0) is 55.1 Å².